The molecule has 0 bridgehead atoms. The van der Waals surface area contributed by atoms with E-state index in [-0.39, 0.29) is 13.0 Å². The fourth-order valence-corrected chi connectivity index (χ4v) is 5.75. The van der Waals surface area contributed by atoms with Crippen LogP contribution in [0.15, 0.2) is 35.2 Å². The summed E-state index contributed by atoms with van der Waals surface area (Å²) in [5.41, 5.74) is -0.323. The lowest BCUT2D eigenvalue weighted by molar-refractivity contribution is -0.142. The zero-order chi connectivity index (χ0) is 21.7. The first-order valence-corrected chi connectivity index (χ1v) is 11.0. The molecule has 0 amide bonds. The number of methoxy groups -OCH3 is 1. The fourth-order valence-electron chi connectivity index (χ4n) is 3.84. The highest BCUT2D eigenvalue weighted by molar-refractivity contribution is 7.92. The van der Waals surface area contributed by atoms with Gasteiger partial charge in [0.15, 0.2) is 15.7 Å². The lowest BCUT2D eigenvalue weighted by Crippen LogP contribution is -2.37. The van der Waals surface area contributed by atoms with Gasteiger partial charge in [-0.25, -0.2) is 13.2 Å². The molecule has 1 aromatic heterocycles. The first kappa shape index (κ1) is 20.7. The zero-order valence-corrected chi connectivity index (χ0v) is 16.8. The van der Waals surface area contributed by atoms with Gasteiger partial charge in [0.25, 0.3) is 0 Å². The lowest BCUT2D eigenvalue weighted by atomic mass is 10.2. The molecule has 1 aromatic carbocycles. The van der Waals surface area contributed by atoms with Gasteiger partial charge in [0.1, 0.15) is 6.04 Å². The van der Waals surface area contributed by atoms with Gasteiger partial charge in [-0.15, -0.1) is 0 Å². The molecular formula is C19H20F3N3O4S. The molecule has 1 N–H and O–H groups in total. The minimum Gasteiger partial charge on any atom is -0.467 e. The van der Waals surface area contributed by atoms with E-state index in [2.05, 4.69) is 10.2 Å². The number of ether oxygens (including phenoxy) is 1. The predicted octanol–water partition coefficient (Wildman–Crippen LogP) is 2.90. The molecule has 0 spiro atoms. The van der Waals surface area contributed by atoms with Crippen LogP contribution >= 0.6 is 0 Å². The van der Waals surface area contributed by atoms with Gasteiger partial charge in [-0.05, 0) is 31.4 Å². The Balaban J connectivity index is 1.69. The van der Waals surface area contributed by atoms with Gasteiger partial charge < -0.3 is 9.64 Å². The normalized spacial score (nSPS) is 22.3. The maximum atomic E-state index is 13.4. The molecule has 0 unspecified atom stereocenters. The third-order valence-electron chi connectivity index (χ3n) is 5.57. The summed E-state index contributed by atoms with van der Waals surface area (Å²) in [4.78, 5) is 13.0. The monoisotopic (exact) mass is 443 g/mol. The Morgan fingerprint density at radius 3 is 2.60 bits per heavy atom. The molecule has 162 valence electrons. The number of hydrogen-bond acceptors (Lipinski definition) is 6. The number of benzene rings is 1. The summed E-state index contributed by atoms with van der Waals surface area (Å²) in [6, 6.07) is 4.89. The van der Waals surface area contributed by atoms with Crippen molar-refractivity contribution in [2.75, 3.05) is 18.6 Å². The van der Waals surface area contributed by atoms with Crippen LogP contribution in [0.4, 0.5) is 19.0 Å². The van der Waals surface area contributed by atoms with E-state index in [4.69, 9.17) is 4.74 Å². The number of sulfone groups is 1. The van der Waals surface area contributed by atoms with Gasteiger partial charge in [0.2, 0.25) is 0 Å². The molecule has 2 atom stereocenters. The van der Waals surface area contributed by atoms with Crippen molar-refractivity contribution in [1.82, 2.24) is 10.2 Å². The number of aromatic nitrogens is 2. The van der Waals surface area contributed by atoms with Crippen LogP contribution in [0.5, 0.6) is 0 Å². The number of esters is 1. The summed E-state index contributed by atoms with van der Waals surface area (Å²) in [6.07, 6.45) is -2.96. The number of nitrogens with zero attached hydrogens (tertiary/aromatic N) is 2. The van der Waals surface area contributed by atoms with Gasteiger partial charge in [0.05, 0.1) is 22.8 Å². The van der Waals surface area contributed by atoms with Crippen molar-refractivity contribution < 1.29 is 31.1 Å². The zero-order valence-electron chi connectivity index (χ0n) is 16.0. The SMILES string of the molecule is COC(=O)[C@@H]1C[C@@H](S(=O)(=O)c2ccccc2C(F)(F)F)CN1c1cc(C2CC2)[nH]n1. The summed E-state index contributed by atoms with van der Waals surface area (Å²) in [7, 11) is -3.19. The number of halogens is 3. The second-order valence-corrected chi connectivity index (χ2v) is 9.74. The number of rotatable bonds is 5. The number of alkyl halides is 3. The van der Waals surface area contributed by atoms with Gasteiger partial charge in [0, 0.05) is 24.2 Å². The summed E-state index contributed by atoms with van der Waals surface area (Å²) >= 11 is 0. The standard InChI is InChI=1S/C19H20F3N3O4S/c1-29-18(26)15-8-12(10-25(15)17-9-14(23-24-17)11-6-7-11)30(27,28)16-5-3-2-4-13(16)19(20,21)22/h2-5,9,11-12,15H,6-8,10H2,1H3,(H,23,24)/t12-,15+/m1/s1. The van der Waals surface area contributed by atoms with Crippen molar-refractivity contribution >= 4 is 21.6 Å². The molecule has 1 aliphatic heterocycles. The highest BCUT2D eigenvalue weighted by atomic mass is 32.2. The Morgan fingerprint density at radius 1 is 1.27 bits per heavy atom. The topological polar surface area (TPSA) is 92.4 Å². The number of hydrogen-bond donors (Lipinski definition) is 1. The van der Waals surface area contributed by atoms with E-state index < -0.39 is 43.7 Å². The van der Waals surface area contributed by atoms with Crippen molar-refractivity contribution in [3.05, 3.63) is 41.6 Å². The molecule has 2 fully saturated rings. The average Bonchev–Trinajstić information content (AvgIpc) is 3.26. The minimum atomic E-state index is -4.81. The third kappa shape index (κ3) is 3.66. The third-order valence-corrected chi connectivity index (χ3v) is 7.76. The van der Waals surface area contributed by atoms with E-state index >= 15 is 0 Å². The molecule has 30 heavy (non-hydrogen) atoms. The summed E-state index contributed by atoms with van der Waals surface area (Å²) < 4.78 is 71.3. The summed E-state index contributed by atoms with van der Waals surface area (Å²) in [5, 5.41) is 5.87. The number of anilines is 1. The number of carbonyl (C=O) groups is 1. The second kappa shape index (κ2) is 7.29. The van der Waals surface area contributed by atoms with Crippen molar-refractivity contribution in [1.29, 1.82) is 0 Å². The molecule has 2 aromatic rings. The van der Waals surface area contributed by atoms with Crippen LogP contribution in [0.3, 0.4) is 0 Å². The molecule has 0 radical (unpaired) electrons. The van der Waals surface area contributed by atoms with E-state index in [0.29, 0.717) is 11.7 Å². The quantitative estimate of drug-likeness (QED) is 0.715. The van der Waals surface area contributed by atoms with Crippen molar-refractivity contribution in [2.45, 2.75) is 47.5 Å². The summed E-state index contributed by atoms with van der Waals surface area (Å²) in [6.45, 7) is -0.163. The largest absolute Gasteiger partial charge is 0.467 e. The molecule has 2 heterocycles. The van der Waals surface area contributed by atoms with E-state index in [0.717, 1.165) is 36.7 Å². The van der Waals surface area contributed by atoms with Crippen molar-refractivity contribution in [2.24, 2.45) is 0 Å². The van der Waals surface area contributed by atoms with Crippen molar-refractivity contribution in [3.8, 4) is 0 Å². The molecule has 11 heteroatoms. The number of H-pyrrole nitrogens is 1. The van der Waals surface area contributed by atoms with E-state index in [1.807, 2.05) is 0 Å². The maximum Gasteiger partial charge on any atom is 0.417 e. The first-order valence-electron chi connectivity index (χ1n) is 9.43. The number of aromatic amines is 1. The van der Waals surface area contributed by atoms with Gasteiger partial charge in [-0.3, -0.25) is 5.10 Å². The molecule has 2 aliphatic rings. The van der Waals surface area contributed by atoms with Gasteiger partial charge in [-0.1, -0.05) is 12.1 Å². The molecule has 1 saturated carbocycles. The van der Waals surface area contributed by atoms with Gasteiger partial charge in [-0.2, -0.15) is 18.3 Å². The van der Waals surface area contributed by atoms with Crippen LogP contribution in [0.25, 0.3) is 0 Å². The second-order valence-electron chi connectivity index (χ2n) is 7.54. The minimum absolute atomic E-state index is 0.163. The van der Waals surface area contributed by atoms with Crippen LogP contribution in [0, 0.1) is 0 Å². The maximum absolute atomic E-state index is 13.4. The fraction of sp³-hybridized carbons (Fsp3) is 0.474. The van der Waals surface area contributed by atoms with Crippen LogP contribution in [0.2, 0.25) is 0 Å². The van der Waals surface area contributed by atoms with E-state index in [1.54, 1.807) is 6.07 Å². The lowest BCUT2D eigenvalue weighted by Gasteiger charge is -2.21. The smallest absolute Gasteiger partial charge is 0.417 e. The molecule has 1 saturated heterocycles. The van der Waals surface area contributed by atoms with Crippen LogP contribution in [-0.2, 0) is 25.5 Å². The Labute approximate surface area is 171 Å². The van der Waals surface area contributed by atoms with Gasteiger partial charge >= 0.3 is 12.1 Å². The molecule has 1 aliphatic carbocycles. The van der Waals surface area contributed by atoms with E-state index in [9.17, 15) is 26.4 Å². The van der Waals surface area contributed by atoms with Crippen LogP contribution in [0.1, 0.15) is 36.4 Å². The number of nitrogens with one attached hydrogen (secondary N) is 1. The Bertz CT molecular complexity index is 1060. The van der Waals surface area contributed by atoms with Crippen LogP contribution in [-0.4, -0.2) is 49.5 Å². The predicted molar refractivity (Wildman–Crippen MR) is 101 cm³/mol. The Hall–Kier alpha value is -2.56. The van der Waals surface area contributed by atoms with E-state index in [1.165, 1.54) is 18.1 Å². The number of carbonyl (C=O) groups excluding carboxylic acids is 1. The van der Waals surface area contributed by atoms with Crippen LogP contribution < -0.4 is 4.90 Å². The highest BCUT2D eigenvalue weighted by Crippen LogP contribution is 2.41. The van der Waals surface area contributed by atoms with Crippen molar-refractivity contribution in [3.63, 3.8) is 0 Å². The Kier molecular flexibility index (Phi) is 5.03. The molecule has 4 rings (SSSR count). The Morgan fingerprint density at radius 2 is 1.97 bits per heavy atom. The summed E-state index contributed by atoms with van der Waals surface area (Å²) in [5.74, 6) is 0.0884. The highest BCUT2D eigenvalue weighted by Gasteiger charge is 2.47. The first-order chi connectivity index (χ1) is 14.1. The molecular weight excluding hydrogens is 423 g/mol. The molecule has 7 nitrogen and oxygen atoms in total. The average molecular weight is 443 g/mol.